The number of nitrogens with zero attached hydrogens (tertiary/aromatic N) is 2. The Morgan fingerprint density at radius 2 is 1.90 bits per heavy atom. The zero-order valence-corrected chi connectivity index (χ0v) is 17.9. The number of carbonyl (C=O) groups excluding carboxylic acids is 1. The summed E-state index contributed by atoms with van der Waals surface area (Å²) < 4.78 is 1.36. The Hall–Kier alpha value is -2.08. The van der Waals surface area contributed by atoms with Gasteiger partial charge in [-0.3, -0.25) is 9.69 Å². The Kier molecular flexibility index (Phi) is 5.20. The van der Waals surface area contributed by atoms with Gasteiger partial charge in [-0.25, -0.2) is 0 Å². The van der Waals surface area contributed by atoms with Gasteiger partial charge >= 0.3 is 0 Å². The number of fused-ring (bicyclic) bond motifs is 2. The molecule has 150 valence electrons. The number of benzene rings is 2. The van der Waals surface area contributed by atoms with Gasteiger partial charge in [-0.1, -0.05) is 29.8 Å². The molecule has 3 aromatic rings. The summed E-state index contributed by atoms with van der Waals surface area (Å²) in [7, 11) is 0. The molecule has 0 spiro atoms. The van der Waals surface area contributed by atoms with E-state index in [0.717, 1.165) is 67.4 Å². The lowest BCUT2D eigenvalue weighted by Gasteiger charge is -2.36. The number of halogens is 1. The van der Waals surface area contributed by atoms with Gasteiger partial charge < -0.3 is 10.2 Å². The fourth-order valence-corrected chi connectivity index (χ4v) is 5.52. The molecular weight excluding hydrogens is 402 g/mol. The third-order valence-corrected chi connectivity index (χ3v) is 7.39. The van der Waals surface area contributed by atoms with Crippen molar-refractivity contribution < 1.29 is 4.79 Å². The first-order valence-electron chi connectivity index (χ1n) is 10.2. The number of anilines is 2. The molecule has 1 amide bonds. The number of aryl methyl sites for hydroxylation is 1. The molecule has 0 radical (unpaired) electrons. The van der Waals surface area contributed by atoms with Crippen LogP contribution in [0.4, 0.5) is 11.4 Å². The van der Waals surface area contributed by atoms with E-state index in [1.807, 2.05) is 11.3 Å². The van der Waals surface area contributed by atoms with E-state index < -0.39 is 0 Å². The van der Waals surface area contributed by atoms with Crippen molar-refractivity contribution in [3.05, 3.63) is 57.9 Å². The molecule has 1 saturated heterocycles. The maximum absolute atomic E-state index is 11.7. The normalized spacial score (nSPS) is 17.4. The average molecular weight is 426 g/mol. The van der Waals surface area contributed by atoms with E-state index in [4.69, 9.17) is 11.6 Å². The Labute approximate surface area is 180 Å². The molecule has 29 heavy (non-hydrogen) atoms. The highest BCUT2D eigenvalue weighted by atomic mass is 35.5. The van der Waals surface area contributed by atoms with Crippen molar-refractivity contribution in [3.8, 4) is 0 Å². The largest absolute Gasteiger partial charge is 0.368 e. The maximum atomic E-state index is 11.7. The van der Waals surface area contributed by atoms with Crippen molar-refractivity contribution in [3.63, 3.8) is 0 Å². The van der Waals surface area contributed by atoms with Crippen molar-refractivity contribution in [1.29, 1.82) is 0 Å². The third kappa shape index (κ3) is 3.75. The first-order valence-corrected chi connectivity index (χ1v) is 11.5. The van der Waals surface area contributed by atoms with Crippen LogP contribution in [0.5, 0.6) is 0 Å². The summed E-state index contributed by atoms with van der Waals surface area (Å²) in [5.41, 5.74) is 4.46. The Morgan fingerprint density at radius 3 is 2.76 bits per heavy atom. The summed E-state index contributed by atoms with van der Waals surface area (Å²) in [6.07, 6.45) is 2.23. The second-order valence-corrected chi connectivity index (χ2v) is 9.13. The fourth-order valence-electron chi connectivity index (χ4n) is 4.39. The van der Waals surface area contributed by atoms with Gasteiger partial charge in [0.05, 0.1) is 10.7 Å². The van der Waals surface area contributed by atoms with Crippen LogP contribution in [0.1, 0.15) is 17.5 Å². The molecule has 0 aliphatic carbocycles. The zero-order valence-electron chi connectivity index (χ0n) is 16.3. The van der Waals surface area contributed by atoms with Crippen LogP contribution in [0.25, 0.3) is 10.1 Å². The van der Waals surface area contributed by atoms with Crippen molar-refractivity contribution >= 4 is 50.3 Å². The fraction of sp³-hybridized carbons (Fsp3) is 0.348. The van der Waals surface area contributed by atoms with Crippen LogP contribution >= 0.6 is 22.9 Å². The van der Waals surface area contributed by atoms with Crippen LogP contribution in [0.3, 0.4) is 0 Å². The Balaban J connectivity index is 1.21. The summed E-state index contributed by atoms with van der Waals surface area (Å²) >= 11 is 8.42. The molecule has 2 aliphatic heterocycles. The zero-order chi connectivity index (χ0) is 19.8. The van der Waals surface area contributed by atoms with Crippen molar-refractivity contribution in [2.24, 2.45) is 0 Å². The molecule has 0 bridgehead atoms. The van der Waals surface area contributed by atoms with Gasteiger partial charge in [0.25, 0.3) is 0 Å². The van der Waals surface area contributed by atoms with E-state index in [1.54, 1.807) is 0 Å². The number of thiophene rings is 1. The second kappa shape index (κ2) is 7.98. The number of amides is 1. The van der Waals surface area contributed by atoms with Gasteiger partial charge in [0.1, 0.15) is 0 Å². The van der Waals surface area contributed by atoms with E-state index >= 15 is 0 Å². The minimum atomic E-state index is 0.0633. The number of carbonyl (C=O) groups is 1. The van der Waals surface area contributed by atoms with Crippen LogP contribution in [0.2, 0.25) is 5.02 Å². The smallest absolute Gasteiger partial charge is 0.224 e. The first kappa shape index (κ1) is 18.9. The summed E-state index contributed by atoms with van der Waals surface area (Å²) in [4.78, 5) is 16.7. The minimum absolute atomic E-state index is 0.0633. The SMILES string of the molecule is O=C1CCc2ccc(CCN3CCN(c4cccc5sccc45)CC3)c(Cl)c2N1. The van der Waals surface area contributed by atoms with E-state index in [0.29, 0.717) is 6.42 Å². The molecule has 2 aromatic carbocycles. The average Bonchev–Trinajstić information content (AvgIpc) is 3.23. The highest BCUT2D eigenvalue weighted by molar-refractivity contribution is 7.17. The number of rotatable bonds is 4. The molecular formula is C23H24ClN3OS. The standard InChI is InChI=1S/C23H24ClN3OS/c24-22-16(4-5-17-6-7-21(28)25-23(17)22)8-10-26-11-13-27(14-12-26)19-2-1-3-20-18(19)9-15-29-20/h1-5,9,15H,6-8,10-14H2,(H,25,28). The monoisotopic (exact) mass is 425 g/mol. The minimum Gasteiger partial charge on any atom is -0.368 e. The molecule has 4 nitrogen and oxygen atoms in total. The number of hydrogen-bond acceptors (Lipinski definition) is 4. The predicted octanol–water partition coefficient (Wildman–Crippen LogP) is 4.80. The molecule has 5 rings (SSSR count). The van der Waals surface area contributed by atoms with Gasteiger partial charge in [0.15, 0.2) is 0 Å². The molecule has 1 fully saturated rings. The third-order valence-electron chi connectivity index (χ3n) is 6.08. The highest BCUT2D eigenvalue weighted by Crippen LogP contribution is 2.34. The van der Waals surface area contributed by atoms with Crippen LogP contribution in [-0.4, -0.2) is 43.5 Å². The van der Waals surface area contributed by atoms with Crippen LogP contribution in [0.15, 0.2) is 41.8 Å². The van der Waals surface area contributed by atoms with Gasteiger partial charge in [-0.15, -0.1) is 11.3 Å². The lowest BCUT2D eigenvalue weighted by molar-refractivity contribution is -0.116. The molecule has 0 saturated carbocycles. The topological polar surface area (TPSA) is 35.6 Å². The van der Waals surface area contributed by atoms with E-state index in [2.05, 4.69) is 56.9 Å². The molecule has 0 atom stereocenters. The molecule has 2 aliphatic rings. The number of piperazine rings is 1. The van der Waals surface area contributed by atoms with Crippen molar-refractivity contribution in [1.82, 2.24) is 4.90 Å². The quantitative estimate of drug-likeness (QED) is 0.651. The Morgan fingerprint density at radius 1 is 1.03 bits per heavy atom. The Bertz CT molecular complexity index is 1060. The first-order chi connectivity index (χ1) is 14.2. The van der Waals surface area contributed by atoms with Crippen LogP contribution in [0, 0.1) is 0 Å². The van der Waals surface area contributed by atoms with E-state index in [-0.39, 0.29) is 5.91 Å². The molecule has 0 unspecified atom stereocenters. The number of hydrogen-bond donors (Lipinski definition) is 1. The van der Waals surface area contributed by atoms with Crippen LogP contribution in [-0.2, 0) is 17.6 Å². The summed E-state index contributed by atoms with van der Waals surface area (Å²) in [5, 5.41) is 7.22. The van der Waals surface area contributed by atoms with Gasteiger partial charge in [0, 0.05) is 54.9 Å². The highest BCUT2D eigenvalue weighted by Gasteiger charge is 2.21. The van der Waals surface area contributed by atoms with Gasteiger partial charge in [0.2, 0.25) is 5.91 Å². The molecule has 3 heterocycles. The second-order valence-electron chi connectivity index (χ2n) is 7.81. The number of nitrogens with one attached hydrogen (secondary N) is 1. The summed E-state index contributed by atoms with van der Waals surface area (Å²) in [5.74, 6) is 0.0633. The van der Waals surface area contributed by atoms with E-state index in [1.165, 1.54) is 15.8 Å². The van der Waals surface area contributed by atoms with E-state index in [9.17, 15) is 4.79 Å². The maximum Gasteiger partial charge on any atom is 0.224 e. The van der Waals surface area contributed by atoms with Gasteiger partial charge in [-0.05, 0) is 47.5 Å². The lowest BCUT2D eigenvalue weighted by atomic mass is 9.99. The summed E-state index contributed by atoms with van der Waals surface area (Å²) in [6, 6.07) is 13.1. The molecule has 1 aromatic heterocycles. The van der Waals surface area contributed by atoms with Crippen molar-refractivity contribution in [2.45, 2.75) is 19.3 Å². The predicted molar refractivity (Wildman–Crippen MR) is 123 cm³/mol. The molecule has 1 N–H and O–H groups in total. The summed E-state index contributed by atoms with van der Waals surface area (Å²) in [6.45, 7) is 5.19. The lowest BCUT2D eigenvalue weighted by Crippen LogP contribution is -2.47. The van der Waals surface area contributed by atoms with Crippen LogP contribution < -0.4 is 10.2 Å². The molecule has 6 heteroatoms. The van der Waals surface area contributed by atoms with Crippen molar-refractivity contribution in [2.75, 3.05) is 42.9 Å². The van der Waals surface area contributed by atoms with Gasteiger partial charge in [-0.2, -0.15) is 0 Å².